The smallest absolute Gasteiger partial charge is 0.444 e. The molecule has 2 aliphatic heterocycles. The topological polar surface area (TPSA) is 55.8 Å². The van der Waals surface area contributed by atoms with Gasteiger partial charge in [-0.2, -0.15) is 0 Å². The van der Waals surface area contributed by atoms with Crippen molar-refractivity contribution in [3.63, 3.8) is 0 Å². The molecule has 0 N–H and O–H groups in total. The van der Waals surface area contributed by atoms with E-state index in [9.17, 15) is 27.2 Å². The fourth-order valence-electron chi connectivity index (χ4n) is 4.32. The molecule has 1 aromatic rings. The van der Waals surface area contributed by atoms with Crippen molar-refractivity contribution in [3.05, 3.63) is 29.6 Å². The summed E-state index contributed by atoms with van der Waals surface area (Å²) in [6.45, 7) is 5.35. The molecule has 5 nitrogen and oxygen atoms in total. The van der Waals surface area contributed by atoms with E-state index < -0.39 is 41.3 Å². The van der Waals surface area contributed by atoms with Crippen molar-refractivity contribution in [1.29, 1.82) is 0 Å². The molecule has 0 saturated carbocycles. The van der Waals surface area contributed by atoms with Crippen LogP contribution in [0.4, 0.5) is 22.4 Å². The predicted octanol–water partition coefficient (Wildman–Crippen LogP) is 5.48. The molecule has 1 aromatic carbocycles. The fourth-order valence-corrected chi connectivity index (χ4v) is 4.32. The molecule has 0 aliphatic carbocycles. The van der Waals surface area contributed by atoms with Crippen molar-refractivity contribution >= 4 is 11.9 Å². The molecule has 3 rings (SSSR count). The van der Waals surface area contributed by atoms with Crippen LogP contribution in [0.5, 0.6) is 5.75 Å². The summed E-state index contributed by atoms with van der Waals surface area (Å²) >= 11 is 0. The molecule has 9 heteroatoms. The minimum Gasteiger partial charge on any atom is -0.444 e. The number of benzene rings is 1. The molecule has 166 valence electrons. The van der Waals surface area contributed by atoms with Crippen LogP contribution >= 0.6 is 0 Å². The van der Waals surface area contributed by atoms with Crippen LogP contribution in [-0.4, -0.2) is 40.8 Å². The number of nitrogens with zero attached hydrogens (tertiary/aromatic N) is 1. The van der Waals surface area contributed by atoms with E-state index in [2.05, 4.69) is 4.74 Å². The van der Waals surface area contributed by atoms with Gasteiger partial charge in [-0.25, -0.2) is 9.18 Å². The van der Waals surface area contributed by atoms with Gasteiger partial charge in [0.2, 0.25) is 0 Å². The third-order valence-electron chi connectivity index (χ3n) is 5.39. The number of ether oxygens (including phenoxy) is 2. The van der Waals surface area contributed by atoms with Crippen molar-refractivity contribution in [2.24, 2.45) is 5.92 Å². The summed E-state index contributed by atoms with van der Waals surface area (Å²) < 4.78 is 60.5. The first-order valence-electron chi connectivity index (χ1n) is 9.95. The molecule has 0 aromatic heterocycles. The van der Waals surface area contributed by atoms with Gasteiger partial charge < -0.3 is 14.4 Å². The number of alkyl halides is 3. The number of carbonyl (C=O) groups excluding carboxylic acids is 2. The van der Waals surface area contributed by atoms with Crippen molar-refractivity contribution < 1.29 is 36.6 Å². The Labute approximate surface area is 172 Å². The van der Waals surface area contributed by atoms with Crippen molar-refractivity contribution in [3.8, 4) is 5.75 Å². The number of rotatable bonds is 3. The molecule has 1 amide bonds. The van der Waals surface area contributed by atoms with Gasteiger partial charge in [-0.3, -0.25) is 4.79 Å². The number of hydrogen-bond acceptors (Lipinski definition) is 4. The molecule has 2 atom stereocenters. The molecular formula is C21H25F4NO4. The maximum Gasteiger partial charge on any atom is 0.573 e. The van der Waals surface area contributed by atoms with Crippen molar-refractivity contribution in [2.45, 2.75) is 76.9 Å². The van der Waals surface area contributed by atoms with Gasteiger partial charge >= 0.3 is 12.5 Å². The second-order valence-corrected chi connectivity index (χ2v) is 8.85. The standard InChI is InChI=1S/C21H25F4NO4/c1-20(2,3)30-19(28)26-13-5-4-6-14(26)10-12(9-13)18(27)16-8-7-15(11-17(16)22)29-21(23,24)25/h7-8,11-14H,4-6,9-10H2,1-3H3. The summed E-state index contributed by atoms with van der Waals surface area (Å²) in [5, 5.41) is 0. The molecule has 0 spiro atoms. The quantitative estimate of drug-likeness (QED) is 0.470. The second-order valence-electron chi connectivity index (χ2n) is 8.85. The molecule has 0 radical (unpaired) electrons. The molecule has 30 heavy (non-hydrogen) atoms. The third-order valence-corrected chi connectivity index (χ3v) is 5.39. The van der Waals surface area contributed by atoms with Gasteiger partial charge in [0.15, 0.2) is 5.78 Å². The number of amides is 1. The Morgan fingerprint density at radius 3 is 2.17 bits per heavy atom. The van der Waals surface area contributed by atoms with Gasteiger partial charge in [0.05, 0.1) is 5.56 Å². The summed E-state index contributed by atoms with van der Waals surface area (Å²) in [5.74, 6) is -2.75. The van der Waals surface area contributed by atoms with Gasteiger partial charge in [0.1, 0.15) is 17.2 Å². The summed E-state index contributed by atoms with van der Waals surface area (Å²) in [4.78, 5) is 27.3. The number of halogens is 4. The zero-order valence-electron chi connectivity index (χ0n) is 17.1. The van der Waals surface area contributed by atoms with Crippen LogP contribution in [0.25, 0.3) is 0 Å². The van der Waals surface area contributed by atoms with Gasteiger partial charge in [-0.1, -0.05) is 0 Å². The minimum atomic E-state index is -4.94. The van der Waals surface area contributed by atoms with E-state index in [4.69, 9.17) is 4.74 Å². The first-order chi connectivity index (χ1) is 13.8. The summed E-state index contributed by atoms with van der Waals surface area (Å²) in [7, 11) is 0. The lowest BCUT2D eigenvalue weighted by Crippen LogP contribution is -2.56. The highest BCUT2D eigenvalue weighted by molar-refractivity contribution is 5.98. The minimum absolute atomic E-state index is 0.183. The van der Waals surface area contributed by atoms with E-state index in [1.165, 1.54) is 0 Å². The lowest BCUT2D eigenvalue weighted by molar-refractivity contribution is -0.274. The van der Waals surface area contributed by atoms with E-state index >= 15 is 0 Å². The van der Waals surface area contributed by atoms with Crippen LogP contribution in [-0.2, 0) is 4.74 Å². The van der Waals surface area contributed by atoms with E-state index in [0.29, 0.717) is 18.9 Å². The Kier molecular flexibility index (Phi) is 6.02. The molecule has 2 bridgehead atoms. The molecule has 2 aliphatic rings. The largest absolute Gasteiger partial charge is 0.573 e. The lowest BCUT2D eigenvalue weighted by atomic mass is 9.76. The van der Waals surface area contributed by atoms with Crippen LogP contribution in [0, 0.1) is 11.7 Å². The molecule has 2 heterocycles. The van der Waals surface area contributed by atoms with E-state index in [-0.39, 0.29) is 17.6 Å². The highest BCUT2D eigenvalue weighted by Gasteiger charge is 2.44. The number of Topliss-reactive ketones (excluding diaryl/α,β-unsaturated/α-hetero) is 1. The summed E-state index contributed by atoms with van der Waals surface area (Å²) in [5.41, 5.74) is -0.903. The number of carbonyl (C=O) groups is 2. The third kappa shape index (κ3) is 5.23. The summed E-state index contributed by atoms with van der Waals surface area (Å²) in [6, 6.07) is 2.15. The first-order valence-corrected chi connectivity index (χ1v) is 9.95. The molecule has 2 unspecified atom stereocenters. The van der Waals surface area contributed by atoms with E-state index in [0.717, 1.165) is 31.4 Å². The lowest BCUT2D eigenvalue weighted by Gasteiger charge is -2.48. The monoisotopic (exact) mass is 431 g/mol. The molecule has 2 fully saturated rings. The zero-order chi connectivity index (χ0) is 22.3. The maximum absolute atomic E-state index is 14.4. The van der Waals surface area contributed by atoms with Gasteiger partial charge in [-0.05, 0) is 65.0 Å². The Hall–Kier alpha value is -2.32. The fraction of sp³-hybridized carbons (Fsp3) is 0.619. The van der Waals surface area contributed by atoms with Gasteiger partial charge in [0, 0.05) is 24.1 Å². The predicted molar refractivity (Wildman–Crippen MR) is 99.6 cm³/mol. The zero-order valence-corrected chi connectivity index (χ0v) is 17.1. The first kappa shape index (κ1) is 22.4. The van der Waals surface area contributed by atoms with Gasteiger partial charge in [0.25, 0.3) is 0 Å². The second kappa shape index (κ2) is 8.07. The van der Waals surface area contributed by atoms with E-state index in [1.54, 1.807) is 25.7 Å². The summed E-state index contributed by atoms with van der Waals surface area (Å²) in [6.07, 6.45) is -2.25. The van der Waals surface area contributed by atoms with Crippen LogP contribution in [0.1, 0.15) is 63.2 Å². The number of ketones is 1. The average Bonchev–Trinajstić information content (AvgIpc) is 2.57. The SMILES string of the molecule is CC(C)(C)OC(=O)N1C2CCCC1CC(C(=O)c1ccc(OC(F)(F)F)cc1F)C2. The van der Waals surface area contributed by atoms with Crippen molar-refractivity contribution in [1.82, 2.24) is 4.90 Å². The van der Waals surface area contributed by atoms with E-state index in [1.807, 2.05) is 0 Å². The van der Waals surface area contributed by atoms with Crippen LogP contribution in [0.2, 0.25) is 0 Å². The Morgan fingerprint density at radius 2 is 1.67 bits per heavy atom. The Morgan fingerprint density at radius 1 is 1.07 bits per heavy atom. The number of fused-ring (bicyclic) bond motifs is 2. The van der Waals surface area contributed by atoms with Crippen molar-refractivity contribution in [2.75, 3.05) is 0 Å². The normalized spacial score (nSPS) is 24.4. The average molecular weight is 431 g/mol. The Balaban J connectivity index is 1.74. The molecular weight excluding hydrogens is 406 g/mol. The number of hydrogen-bond donors (Lipinski definition) is 0. The Bertz CT molecular complexity index is 804. The highest BCUT2D eigenvalue weighted by atomic mass is 19.4. The van der Waals surface area contributed by atoms with Gasteiger partial charge in [-0.15, -0.1) is 13.2 Å². The number of piperidine rings is 2. The highest BCUT2D eigenvalue weighted by Crippen LogP contribution is 2.39. The van der Waals surface area contributed by atoms with Crippen LogP contribution in [0.15, 0.2) is 18.2 Å². The molecule has 2 saturated heterocycles. The van der Waals surface area contributed by atoms with Crippen LogP contribution in [0.3, 0.4) is 0 Å². The maximum atomic E-state index is 14.4. The van der Waals surface area contributed by atoms with Crippen LogP contribution < -0.4 is 4.74 Å².